The van der Waals surface area contributed by atoms with Crippen LogP contribution >= 0.6 is 0 Å². The van der Waals surface area contributed by atoms with Gasteiger partial charge in [-0.3, -0.25) is 4.68 Å². The molecule has 1 aliphatic heterocycles. The van der Waals surface area contributed by atoms with E-state index < -0.39 is 0 Å². The van der Waals surface area contributed by atoms with Crippen molar-refractivity contribution in [3.8, 4) is 0 Å². The predicted molar refractivity (Wildman–Crippen MR) is 59.7 cm³/mol. The molecule has 1 N–H and O–H groups in total. The molecule has 0 bridgehead atoms. The molecule has 1 atom stereocenters. The molecule has 1 aliphatic rings. The number of rotatable bonds is 3. The molecule has 0 amide bonds. The topological polar surface area (TPSA) is 42.7 Å². The number of nitrogens with one attached hydrogen (secondary N) is 1. The van der Waals surface area contributed by atoms with E-state index in [1.807, 2.05) is 11.7 Å². The minimum atomic E-state index is 0.728. The number of hydrogen-bond acceptors (Lipinski definition) is 3. The van der Waals surface area contributed by atoms with Gasteiger partial charge in [0.1, 0.15) is 5.82 Å². The van der Waals surface area contributed by atoms with Gasteiger partial charge in [0.25, 0.3) is 0 Å². The van der Waals surface area contributed by atoms with Gasteiger partial charge in [-0.05, 0) is 31.8 Å². The van der Waals surface area contributed by atoms with Crippen molar-refractivity contribution < 1.29 is 0 Å². The Morgan fingerprint density at radius 3 is 3.00 bits per heavy atom. The monoisotopic (exact) mass is 208 g/mol. The molecular formula is C11H20N4. The third-order valence-corrected chi connectivity index (χ3v) is 3.08. The largest absolute Gasteiger partial charge is 0.316 e. The van der Waals surface area contributed by atoms with Crippen molar-refractivity contribution in [3.05, 3.63) is 11.6 Å². The van der Waals surface area contributed by atoms with Crippen LogP contribution in [0, 0.1) is 5.92 Å². The van der Waals surface area contributed by atoms with Crippen LogP contribution in [0.1, 0.15) is 31.4 Å². The third kappa shape index (κ3) is 2.56. The van der Waals surface area contributed by atoms with Crippen molar-refractivity contribution in [2.24, 2.45) is 13.0 Å². The van der Waals surface area contributed by atoms with Crippen LogP contribution < -0.4 is 5.32 Å². The lowest BCUT2D eigenvalue weighted by atomic mass is 9.96. The van der Waals surface area contributed by atoms with E-state index >= 15 is 0 Å². The van der Waals surface area contributed by atoms with Gasteiger partial charge in [0, 0.05) is 19.9 Å². The van der Waals surface area contributed by atoms with Crippen LogP contribution in [-0.4, -0.2) is 27.9 Å². The van der Waals surface area contributed by atoms with Crippen LogP contribution in [0.4, 0.5) is 0 Å². The minimum absolute atomic E-state index is 0.728. The summed E-state index contributed by atoms with van der Waals surface area (Å²) in [4.78, 5) is 4.55. The lowest BCUT2D eigenvalue weighted by Gasteiger charge is -2.21. The van der Waals surface area contributed by atoms with E-state index in [0.717, 1.165) is 37.0 Å². The molecule has 2 rings (SSSR count). The van der Waals surface area contributed by atoms with E-state index in [1.165, 1.54) is 19.4 Å². The van der Waals surface area contributed by atoms with Gasteiger partial charge >= 0.3 is 0 Å². The molecule has 0 radical (unpaired) electrons. The van der Waals surface area contributed by atoms with Crippen LogP contribution in [0.2, 0.25) is 0 Å². The molecule has 1 fully saturated rings. The van der Waals surface area contributed by atoms with Crippen LogP contribution in [0.25, 0.3) is 0 Å². The van der Waals surface area contributed by atoms with E-state index in [2.05, 4.69) is 22.3 Å². The summed E-state index contributed by atoms with van der Waals surface area (Å²) in [5.74, 6) is 2.84. The van der Waals surface area contributed by atoms with E-state index in [9.17, 15) is 0 Å². The highest BCUT2D eigenvalue weighted by Crippen LogP contribution is 2.14. The Bertz CT molecular complexity index is 312. The maximum absolute atomic E-state index is 4.55. The van der Waals surface area contributed by atoms with Gasteiger partial charge in [-0.2, -0.15) is 5.10 Å². The molecule has 0 saturated carbocycles. The summed E-state index contributed by atoms with van der Waals surface area (Å²) < 4.78 is 1.91. The lowest BCUT2D eigenvalue weighted by Crippen LogP contribution is -2.31. The van der Waals surface area contributed by atoms with Crippen LogP contribution in [0.5, 0.6) is 0 Å². The molecular weight excluding hydrogens is 188 g/mol. The zero-order valence-corrected chi connectivity index (χ0v) is 9.66. The van der Waals surface area contributed by atoms with Gasteiger partial charge in [0.05, 0.1) is 0 Å². The molecule has 4 heteroatoms. The first-order valence-electron chi connectivity index (χ1n) is 5.89. The van der Waals surface area contributed by atoms with Crippen LogP contribution in [0.3, 0.4) is 0 Å². The highest BCUT2D eigenvalue weighted by molar-refractivity contribution is 4.94. The maximum Gasteiger partial charge on any atom is 0.151 e. The summed E-state index contributed by atoms with van der Waals surface area (Å²) in [5, 5.41) is 7.88. The zero-order valence-electron chi connectivity index (χ0n) is 9.66. The van der Waals surface area contributed by atoms with Crippen molar-refractivity contribution in [2.75, 3.05) is 13.1 Å². The molecule has 1 aromatic rings. The molecule has 15 heavy (non-hydrogen) atoms. The summed E-state index contributed by atoms with van der Waals surface area (Å²) in [6, 6.07) is 0. The Kier molecular flexibility index (Phi) is 3.36. The Hall–Kier alpha value is -0.900. The van der Waals surface area contributed by atoms with Crippen molar-refractivity contribution in [2.45, 2.75) is 32.6 Å². The van der Waals surface area contributed by atoms with Gasteiger partial charge in [-0.15, -0.1) is 0 Å². The maximum atomic E-state index is 4.55. The SMILES string of the molecule is CCc1nc(CC2CCCNC2)nn1C. The van der Waals surface area contributed by atoms with Gasteiger partial charge in [-0.1, -0.05) is 6.92 Å². The summed E-state index contributed by atoms with van der Waals surface area (Å²) in [7, 11) is 1.98. The molecule has 2 heterocycles. The summed E-state index contributed by atoms with van der Waals surface area (Å²) in [6.45, 7) is 4.42. The van der Waals surface area contributed by atoms with Crippen molar-refractivity contribution in [3.63, 3.8) is 0 Å². The smallest absolute Gasteiger partial charge is 0.151 e. The summed E-state index contributed by atoms with van der Waals surface area (Å²) in [6.07, 6.45) is 4.60. The highest BCUT2D eigenvalue weighted by atomic mass is 15.3. The first-order chi connectivity index (χ1) is 7.29. The Balaban J connectivity index is 1.97. The van der Waals surface area contributed by atoms with E-state index in [1.54, 1.807) is 0 Å². The fourth-order valence-electron chi connectivity index (χ4n) is 2.23. The normalized spacial score (nSPS) is 21.9. The van der Waals surface area contributed by atoms with E-state index in [-0.39, 0.29) is 0 Å². The van der Waals surface area contributed by atoms with E-state index in [4.69, 9.17) is 0 Å². The fraction of sp³-hybridized carbons (Fsp3) is 0.818. The highest BCUT2D eigenvalue weighted by Gasteiger charge is 2.16. The molecule has 0 aromatic carbocycles. The van der Waals surface area contributed by atoms with Crippen molar-refractivity contribution in [1.82, 2.24) is 20.1 Å². The Morgan fingerprint density at radius 1 is 1.53 bits per heavy atom. The quantitative estimate of drug-likeness (QED) is 0.803. The average Bonchev–Trinajstić information content (AvgIpc) is 2.60. The average molecular weight is 208 g/mol. The minimum Gasteiger partial charge on any atom is -0.316 e. The molecule has 1 aromatic heterocycles. The second kappa shape index (κ2) is 4.75. The van der Waals surface area contributed by atoms with Gasteiger partial charge in [0.15, 0.2) is 5.82 Å². The fourth-order valence-corrected chi connectivity index (χ4v) is 2.23. The molecule has 0 spiro atoms. The van der Waals surface area contributed by atoms with Crippen LogP contribution in [-0.2, 0) is 19.9 Å². The van der Waals surface area contributed by atoms with Gasteiger partial charge in [-0.25, -0.2) is 4.98 Å². The molecule has 0 aliphatic carbocycles. The Labute approximate surface area is 91.1 Å². The molecule has 1 unspecified atom stereocenters. The zero-order chi connectivity index (χ0) is 10.7. The second-order valence-electron chi connectivity index (χ2n) is 4.34. The van der Waals surface area contributed by atoms with Gasteiger partial charge < -0.3 is 5.32 Å². The number of piperidine rings is 1. The van der Waals surface area contributed by atoms with E-state index in [0.29, 0.717) is 0 Å². The number of nitrogens with zero attached hydrogens (tertiary/aromatic N) is 3. The number of hydrogen-bond donors (Lipinski definition) is 1. The Morgan fingerprint density at radius 2 is 2.40 bits per heavy atom. The first kappa shape index (κ1) is 10.6. The summed E-state index contributed by atoms with van der Waals surface area (Å²) in [5.41, 5.74) is 0. The number of aryl methyl sites for hydroxylation is 2. The molecule has 84 valence electrons. The summed E-state index contributed by atoms with van der Waals surface area (Å²) >= 11 is 0. The van der Waals surface area contributed by atoms with Gasteiger partial charge in [0.2, 0.25) is 0 Å². The van der Waals surface area contributed by atoms with Crippen molar-refractivity contribution >= 4 is 0 Å². The van der Waals surface area contributed by atoms with Crippen LogP contribution in [0.15, 0.2) is 0 Å². The number of aromatic nitrogens is 3. The predicted octanol–water partition coefficient (Wildman–Crippen LogP) is 0.920. The molecule has 4 nitrogen and oxygen atoms in total. The lowest BCUT2D eigenvalue weighted by molar-refractivity contribution is 0.370. The second-order valence-corrected chi connectivity index (χ2v) is 4.34. The van der Waals surface area contributed by atoms with Crippen molar-refractivity contribution in [1.29, 1.82) is 0 Å². The first-order valence-corrected chi connectivity index (χ1v) is 5.89. The molecule has 1 saturated heterocycles. The third-order valence-electron chi connectivity index (χ3n) is 3.08. The standard InChI is InChI=1S/C11H20N4/c1-3-11-13-10(14-15(11)2)7-9-5-4-6-12-8-9/h9,12H,3-8H2,1-2H3.